The van der Waals surface area contributed by atoms with E-state index in [0.717, 1.165) is 11.1 Å². The number of hydrogen-bond acceptors (Lipinski definition) is 4. The predicted octanol–water partition coefficient (Wildman–Crippen LogP) is 6.62. The van der Waals surface area contributed by atoms with Crippen LogP contribution in [0.15, 0.2) is 65.3 Å². The van der Waals surface area contributed by atoms with Crippen LogP contribution in [0.3, 0.4) is 0 Å². The second-order valence-electron chi connectivity index (χ2n) is 7.09. The van der Waals surface area contributed by atoms with Crippen LogP contribution in [0.5, 0.6) is 5.75 Å². The molecule has 0 atom stereocenters. The number of nitrogens with one attached hydrogen (secondary N) is 1. The number of aromatic nitrogens is 2. The summed E-state index contributed by atoms with van der Waals surface area (Å²) >= 11 is 18.0. The zero-order chi connectivity index (χ0) is 22.7. The summed E-state index contributed by atoms with van der Waals surface area (Å²) in [6.07, 6.45) is 3.28. The first-order valence-electron chi connectivity index (χ1n) is 9.63. The molecular formula is C23H18Cl3N3O3. The molecule has 164 valence electrons. The van der Waals surface area contributed by atoms with Gasteiger partial charge in [-0.25, -0.2) is 0 Å². The largest absolute Gasteiger partial charge is 0.486 e. The van der Waals surface area contributed by atoms with E-state index >= 15 is 0 Å². The molecule has 1 amide bonds. The maximum absolute atomic E-state index is 12.5. The third-order valence-electron chi connectivity index (χ3n) is 4.62. The third kappa shape index (κ3) is 5.46. The molecule has 0 aliphatic rings. The zero-order valence-corrected chi connectivity index (χ0v) is 19.2. The number of halogens is 3. The minimum absolute atomic E-state index is 0.174. The van der Waals surface area contributed by atoms with Crippen molar-refractivity contribution in [3.63, 3.8) is 0 Å². The molecule has 0 spiro atoms. The van der Waals surface area contributed by atoms with Crippen LogP contribution in [0.1, 0.15) is 27.4 Å². The van der Waals surface area contributed by atoms with Gasteiger partial charge in [-0.15, -0.1) is 0 Å². The lowest BCUT2D eigenvalue weighted by Crippen LogP contribution is -2.10. The van der Waals surface area contributed by atoms with Crippen molar-refractivity contribution >= 4 is 46.4 Å². The van der Waals surface area contributed by atoms with Gasteiger partial charge in [0.05, 0.1) is 28.5 Å². The number of rotatable bonds is 7. The quantitative estimate of drug-likeness (QED) is 0.316. The summed E-state index contributed by atoms with van der Waals surface area (Å²) in [5.74, 6) is 0.988. The molecule has 4 rings (SSSR count). The molecule has 0 fully saturated rings. The number of ether oxygens (including phenoxy) is 1. The summed E-state index contributed by atoms with van der Waals surface area (Å²) in [5, 5.41) is 8.68. The first-order chi connectivity index (χ1) is 15.4. The van der Waals surface area contributed by atoms with Crippen LogP contribution in [-0.2, 0) is 13.2 Å². The molecule has 9 heteroatoms. The van der Waals surface area contributed by atoms with Crippen molar-refractivity contribution in [2.75, 3.05) is 5.32 Å². The summed E-state index contributed by atoms with van der Waals surface area (Å²) in [6, 6.07) is 14.1. The van der Waals surface area contributed by atoms with Crippen molar-refractivity contribution in [1.82, 2.24) is 9.78 Å². The molecule has 0 saturated carbocycles. The average molecular weight is 491 g/mol. The van der Waals surface area contributed by atoms with Crippen LogP contribution in [0.25, 0.3) is 0 Å². The van der Waals surface area contributed by atoms with Crippen molar-refractivity contribution in [1.29, 1.82) is 0 Å². The second kappa shape index (κ2) is 9.69. The highest BCUT2D eigenvalue weighted by Crippen LogP contribution is 2.24. The van der Waals surface area contributed by atoms with E-state index in [1.807, 2.05) is 19.1 Å². The van der Waals surface area contributed by atoms with Gasteiger partial charge in [0, 0.05) is 11.2 Å². The molecule has 2 heterocycles. The van der Waals surface area contributed by atoms with Crippen LogP contribution in [0.4, 0.5) is 5.69 Å². The lowest BCUT2D eigenvalue weighted by Gasteiger charge is -2.06. The van der Waals surface area contributed by atoms with Crippen LogP contribution >= 0.6 is 34.8 Å². The van der Waals surface area contributed by atoms with Gasteiger partial charge in [0.25, 0.3) is 5.91 Å². The summed E-state index contributed by atoms with van der Waals surface area (Å²) in [5.41, 5.74) is 2.40. The topological polar surface area (TPSA) is 69.3 Å². The first-order valence-corrected chi connectivity index (χ1v) is 10.8. The van der Waals surface area contributed by atoms with Crippen LogP contribution in [0, 0.1) is 6.92 Å². The fraction of sp³-hybridized carbons (Fsp3) is 0.130. The van der Waals surface area contributed by atoms with E-state index in [1.54, 1.807) is 53.5 Å². The van der Waals surface area contributed by atoms with Gasteiger partial charge in [-0.2, -0.15) is 5.10 Å². The number of nitrogens with zero attached hydrogens (tertiary/aromatic N) is 2. The molecule has 0 unspecified atom stereocenters. The van der Waals surface area contributed by atoms with Gasteiger partial charge in [0.2, 0.25) is 0 Å². The van der Waals surface area contributed by atoms with Gasteiger partial charge >= 0.3 is 0 Å². The number of anilines is 1. The SMILES string of the molecule is Cc1cc(OCc2ccc(C(=O)Nc3cnn(Cc4ccc(Cl)c(Cl)c4)c3)o2)ccc1Cl. The van der Waals surface area contributed by atoms with Crippen molar-refractivity contribution in [3.8, 4) is 5.75 Å². The summed E-state index contributed by atoms with van der Waals surface area (Å²) < 4.78 is 13.0. The Balaban J connectivity index is 1.33. The molecule has 32 heavy (non-hydrogen) atoms. The highest BCUT2D eigenvalue weighted by Gasteiger charge is 2.13. The van der Waals surface area contributed by atoms with E-state index in [9.17, 15) is 4.79 Å². The van der Waals surface area contributed by atoms with Crippen LogP contribution in [-0.4, -0.2) is 15.7 Å². The molecule has 4 aromatic rings. The fourth-order valence-corrected chi connectivity index (χ4v) is 3.41. The molecule has 0 aliphatic heterocycles. The fourth-order valence-electron chi connectivity index (χ4n) is 2.97. The van der Waals surface area contributed by atoms with Crippen molar-refractivity contribution in [2.45, 2.75) is 20.1 Å². The molecule has 6 nitrogen and oxygen atoms in total. The van der Waals surface area contributed by atoms with Gasteiger partial charge in [-0.1, -0.05) is 40.9 Å². The maximum atomic E-state index is 12.5. The second-order valence-corrected chi connectivity index (χ2v) is 8.32. The third-order valence-corrected chi connectivity index (χ3v) is 5.78. The Bertz CT molecular complexity index is 1270. The predicted molar refractivity (Wildman–Crippen MR) is 125 cm³/mol. The summed E-state index contributed by atoms with van der Waals surface area (Å²) in [4.78, 5) is 12.5. The van der Waals surface area contributed by atoms with Crippen molar-refractivity contribution in [3.05, 3.63) is 98.6 Å². The van der Waals surface area contributed by atoms with Crippen molar-refractivity contribution in [2.24, 2.45) is 0 Å². The monoisotopic (exact) mass is 489 g/mol. The Morgan fingerprint density at radius 1 is 1.06 bits per heavy atom. The Morgan fingerprint density at radius 2 is 1.88 bits per heavy atom. The van der Waals surface area contributed by atoms with E-state index < -0.39 is 0 Å². The Labute approximate surface area is 199 Å². The van der Waals surface area contributed by atoms with Gasteiger partial charge in [0.1, 0.15) is 18.1 Å². The number of benzene rings is 2. The van der Waals surface area contributed by atoms with Crippen molar-refractivity contribution < 1.29 is 13.9 Å². The number of carbonyl (C=O) groups excluding carboxylic acids is 1. The summed E-state index contributed by atoms with van der Waals surface area (Å²) in [6.45, 7) is 2.58. The average Bonchev–Trinajstić information content (AvgIpc) is 3.41. The smallest absolute Gasteiger partial charge is 0.291 e. The minimum Gasteiger partial charge on any atom is -0.486 e. The number of furan rings is 1. The first kappa shape index (κ1) is 22.3. The molecular weight excluding hydrogens is 473 g/mol. The van der Waals surface area contributed by atoms with Gasteiger partial charge < -0.3 is 14.5 Å². The number of amides is 1. The van der Waals surface area contributed by atoms with E-state index in [0.29, 0.717) is 38.8 Å². The Morgan fingerprint density at radius 3 is 2.66 bits per heavy atom. The molecule has 2 aromatic heterocycles. The lowest BCUT2D eigenvalue weighted by molar-refractivity contribution is 0.0992. The minimum atomic E-state index is -0.382. The standard InChI is InChI=1S/C23H18Cl3N3O3/c1-14-8-17(3-6-19(14)24)31-13-18-4-7-22(32-18)23(30)28-16-10-27-29(12-16)11-15-2-5-20(25)21(26)9-15/h2-10,12H,11,13H2,1H3,(H,28,30). The molecule has 0 saturated heterocycles. The molecule has 2 aromatic carbocycles. The molecule has 1 N–H and O–H groups in total. The van der Waals surface area contributed by atoms with E-state index in [2.05, 4.69) is 10.4 Å². The number of aryl methyl sites for hydroxylation is 1. The Hall–Kier alpha value is -2.93. The van der Waals surface area contributed by atoms with E-state index in [4.69, 9.17) is 44.0 Å². The number of hydrogen-bond donors (Lipinski definition) is 1. The molecule has 0 aliphatic carbocycles. The highest BCUT2D eigenvalue weighted by molar-refractivity contribution is 6.42. The molecule has 0 bridgehead atoms. The summed E-state index contributed by atoms with van der Waals surface area (Å²) in [7, 11) is 0. The number of carbonyl (C=O) groups is 1. The van der Waals surface area contributed by atoms with Gasteiger partial charge in [0.15, 0.2) is 5.76 Å². The van der Waals surface area contributed by atoms with Gasteiger partial charge in [-0.3, -0.25) is 9.48 Å². The van der Waals surface area contributed by atoms with Gasteiger partial charge in [-0.05, 0) is 60.5 Å². The normalized spacial score (nSPS) is 10.9. The molecule has 0 radical (unpaired) electrons. The van der Waals surface area contributed by atoms with E-state index in [-0.39, 0.29) is 18.3 Å². The maximum Gasteiger partial charge on any atom is 0.291 e. The van der Waals surface area contributed by atoms with E-state index in [1.165, 1.54) is 0 Å². The highest BCUT2D eigenvalue weighted by atomic mass is 35.5. The van der Waals surface area contributed by atoms with Crippen LogP contribution < -0.4 is 10.1 Å². The zero-order valence-electron chi connectivity index (χ0n) is 16.9. The van der Waals surface area contributed by atoms with Crippen LogP contribution in [0.2, 0.25) is 15.1 Å². The lowest BCUT2D eigenvalue weighted by atomic mass is 10.2. The Kier molecular flexibility index (Phi) is 6.74.